The average molecular weight is 553 g/mol. The van der Waals surface area contributed by atoms with Gasteiger partial charge in [0.2, 0.25) is 5.91 Å². The molecule has 1 unspecified atom stereocenters. The van der Waals surface area contributed by atoms with Gasteiger partial charge in [-0.1, -0.05) is 39.8 Å². The van der Waals surface area contributed by atoms with Crippen LogP contribution in [0.3, 0.4) is 0 Å². The van der Waals surface area contributed by atoms with Gasteiger partial charge < -0.3 is 9.73 Å². The van der Waals surface area contributed by atoms with Gasteiger partial charge in [0.15, 0.2) is 0 Å². The van der Waals surface area contributed by atoms with E-state index in [1.807, 2.05) is 6.07 Å². The van der Waals surface area contributed by atoms with Gasteiger partial charge in [-0.2, -0.15) is 5.26 Å². The summed E-state index contributed by atoms with van der Waals surface area (Å²) in [6, 6.07) is 18.3. The third-order valence-electron chi connectivity index (χ3n) is 5.14. The third kappa shape index (κ3) is 5.45. The van der Waals surface area contributed by atoms with Crippen molar-refractivity contribution in [3.8, 4) is 6.07 Å². The predicted molar refractivity (Wildman–Crippen MR) is 133 cm³/mol. The Hall–Kier alpha value is -3.88. The summed E-state index contributed by atoms with van der Waals surface area (Å²) < 4.78 is 6.02. The number of benzene rings is 2. The van der Waals surface area contributed by atoms with Crippen LogP contribution in [-0.2, 0) is 22.6 Å². The summed E-state index contributed by atoms with van der Waals surface area (Å²) in [5, 5.41) is 23.2. The van der Waals surface area contributed by atoms with Crippen molar-refractivity contribution in [2.75, 3.05) is 4.90 Å². The molecule has 1 atom stereocenters. The first-order chi connectivity index (χ1) is 16.9. The number of amides is 2. The molecule has 11 heteroatoms. The molecule has 1 fully saturated rings. The van der Waals surface area contributed by atoms with Crippen LogP contribution in [0.15, 0.2) is 86.4 Å². The second-order valence-corrected chi connectivity index (χ2v) is 9.55. The summed E-state index contributed by atoms with van der Waals surface area (Å²) in [6.07, 6.45) is 1.67. The van der Waals surface area contributed by atoms with Crippen LogP contribution in [0.25, 0.3) is 0 Å². The highest BCUT2D eigenvalue weighted by Gasteiger charge is 2.41. The SMILES string of the molecule is N#CC(C(=O)NCc1ccco1)=C1SC(Cc2cccc([N+](=O)[O-])c2)C(=O)N1c1ccc(Br)cc1. The van der Waals surface area contributed by atoms with Gasteiger partial charge in [0.05, 0.1) is 23.0 Å². The molecule has 1 aliphatic heterocycles. The largest absolute Gasteiger partial charge is 0.467 e. The van der Waals surface area contributed by atoms with Crippen molar-refractivity contribution in [1.29, 1.82) is 5.26 Å². The van der Waals surface area contributed by atoms with E-state index in [4.69, 9.17) is 4.42 Å². The van der Waals surface area contributed by atoms with E-state index in [2.05, 4.69) is 21.2 Å². The molecule has 2 aromatic carbocycles. The van der Waals surface area contributed by atoms with Crippen LogP contribution in [-0.4, -0.2) is 22.0 Å². The lowest BCUT2D eigenvalue weighted by atomic mass is 10.1. The zero-order valence-corrected chi connectivity index (χ0v) is 20.4. The fourth-order valence-electron chi connectivity index (χ4n) is 3.49. The molecule has 2 heterocycles. The number of hydrogen-bond donors (Lipinski definition) is 1. The topological polar surface area (TPSA) is 129 Å². The lowest BCUT2D eigenvalue weighted by molar-refractivity contribution is -0.384. The number of nitro groups is 1. The minimum absolute atomic E-state index is 0.0755. The number of carbonyl (C=O) groups excluding carboxylic acids is 2. The summed E-state index contributed by atoms with van der Waals surface area (Å²) in [5.74, 6) is -0.452. The highest BCUT2D eigenvalue weighted by Crippen LogP contribution is 2.42. The minimum Gasteiger partial charge on any atom is -0.467 e. The van der Waals surface area contributed by atoms with E-state index < -0.39 is 16.1 Å². The van der Waals surface area contributed by atoms with Crippen molar-refractivity contribution in [2.45, 2.75) is 18.2 Å². The van der Waals surface area contributed by atoms with Crippen LogP contribution < -0.4 is 10.2 Å². The van der Waals surface area contributed by atoms with Gasteiger partial charge in [-0.25, -0.2) is 0 Å². The van der Waals surface area contributed by atoms with Gasteiger partial charge in [0, 0.05) is 22.3 Å². The molecule has 0 spiro atoms. The van der Waals surface area contributed by atoms with Gasteiger partial charge in [0.1, 0.15) is 22.4 Å². The summed E-state index contributed by atoms with van der Waals surface area (Å²) in [5.41, 5.74) is 0.810. The monoisotopic (exact) mass is 552 g/mol. The molecule has 1 aliphatic rings. The van der Waals surface area contributed by atoms with E-state index in [1.165, 1.54) is 23.3 Å². The lowest BCUT2D eigenvalue weighted by Gasteiger charge is -2.18. The molecule has 0 radical (unpaired) electrons. The number of nitro benzene ring substituents is 1. The Morgan fingerprint density at radius 2 is 2.00 bits per heavy atom. The van der Waals surface area contributed by atoms with Gasteiger partial charge in [-0.05, 0) is 48.4 Å². The number of rotatable bonds is 7. The molecule has 1 aromatic heterocycles. The molecule has 35 heavy (non-hydrogen) atoms. The van der Waals surface area contributed by atoms with E-state index in [0.717, 1.165) is 16.2 Å². The maximum atomic E-state index is 13.5. The third-order valence-corrected chi connectivity index (χ3v) is 6.93. The number of halogens is 1. The molecule has 1 saturated heterocycles. The molecule has 0 saturated carbocycles. The van der Waals surface area contributed by atoms with Gasteiger partial charge in [-0.15, -0.1) is 0 Å². The number of non-ortho nitro benzene ring substituents is 1. The van der Waals surface area contributed by atoms with E-state index in [-0.39, 0.29) is 35.2 Å². The molecule has 9 nitrogen and oxygen atoms in total. The van der Waals surface area contributed by atoms with E-state index in [0.29, 0.717) is 17.0 Å². The number of nitriles is 1. The van der Waals surface area contributed by atoms with Crippen molar-refractivity contribution in [1.82, 2.24) is 5.32 Å². The van der Waals surface area contributed by atoms with Crippen LogP contribution in [0.1, 0.15) is 11.3 Å². The number of hydrogen-bond acceptors (Lipinski definition) is 7. The number of anilines is 1. The molecule has 0 bridgehead atoms. The summed E-state index contributed by atoms with van der Waals surface area (Å²) >= 11 is 4.45. The fraction of sp³-hybridized carbons (Fsp3) is 0.125. The normalized spacial score (nSPS) is 16.6. The summed E-state index contributed by atoms with van der Waals surface area (Å²) in [6.45, 7) is 0.0816. The van der Waals surface area contributed by atoms with Crippen LogP contribution in [0.5, 0.6) is 0 Å². The van der Waals surface area contributed by atoms with E-state index in [9.17, 15) is 25.0 Å². The number of thioether (sulfide) groups is 1. The molecule has 3 aromatic rings. The van der Waals surface area contributed by atoms with Gasteiger partial charge >= 0.3 is 0 Å². The van der Waals surface area contributed by atoms with Crippen LogP contribution in [0, 0.1) is 21.4 Å². The second kappa shape index (κ2) is 10.6. The predicted octanol–water partition coefficient (Wildman–Crippen LogP) is 4.69. The zero-order valence-electron chi connectivity index (χ0n) is 18.0. The number of furan rings is 1. The molecule has 1 N–H and O–H groups in total. The summed E-state index contributed by atoms with van der Waals surface area (Å²) in [7, 11) is 0. The highest BCUT2D eigenvalue weighted by atomic mass is 79.9. The average Bonchev–Trinajstić information content (AvgIpc) is 3.48. The fourth-order valence-corrected chi connectivity index (χ4v) is 5.06. The molecule has 4 rings (SSSR count). The summed E-state index contributed by atoms with van der Waals surface area (Å²) in [4.78, 5) is 38.4. The number of nitrogens with one attached hydrogen (secondary N) is 1. The van der Waals surface area contributed by atoms with Crippen molar-refractivity contribution in [2.24, 2.45) is 0 Å². The first-order valence-corrected chi connectivity index (χ1v) is 12.0. The Morgan fingerprint density at radius 1 is 1.23 bits per heavy atom. The minimum atomic E-state index is -0.683. The Balaban J connectivity index is 1.68. The second-order valence-electron chi connectivity index (χ2n) is 7.44. The van der Waals surface area contributed by atoms with Gasteiger partial charge in [0.25, 0.3) is 11.6 Å². The van der Waals surface area contributed by atoms with Crippen LogP contribution in [0.4, 0.5) is 11.4 Å². The van der Waals surface area contributed by atoms with Gasteiger partial charge in [-0.3, -0.25) is 24.6 Å². The smallest absolute Gasteiger partial charge is 0.269 e. The molecular weight excluding hydrogens is 536 g/mol. The van der Waals surface area contributed by atoms with Crippen LogP contribution in [0.2, 0.25) is 0 Å². The Bertz CT molecular complexity index is 1350. The standard InChI is InChI=1S/C24H17BrN4O5S/c25-16-6-8-17(9-7-16)28-23(31)21(12-15-3-1-4-18(11-15)29(32)33)35-24(28)20(13-26)22(30)27-14-19-5-2-10-34-19/h1-11,21H,12,14H2,(H,27,30). The van der Waals surface area contributed by atoms with Crippen molar-refractivity contribution in [3.05, 3.63) is 103 Å². The highest BCUT2D eigenvalue weighted by molar-refractivity contribution is 9.10. The first kappa shape index (κ1) is 24.3. The molecular formula is C24H17BrN4O5S. The lowest BCUT2D eigenvalue weighted by Crippen LogP contribution is -2.32. The first-order valence-electron chi connectivity index (χ1n) is 10.3. The number of carbonyl (C=O) groups is 2. The van der Waals surface area contributed by atoms with E-state index >= 15 is 0 Å². The Labute approximate surface area is 212 Å². The van der Waals surface area contributed by atoms with E-state index in [1.54, 1.807) is 48.5 Å². The molecule has 2 amide bonds. The van der Waals surface area contributed by atoms with Crippen molar-refractivity contribution < 1.29 is 18.9 Å². The quantitative estimate of drug-likeness (QED) is 0.194. The van der Waals surface area contributed by atoms with Crippen molar-refractivity contribution in [3.63, 3.8) is 0 Å². The zero-order chi connectivity index (χ0) is 24.9. The number of nitrogens with zero attached hydrogens (tertiary/aromatic N) is 3. The van der Waals surface area contributed by atoms with Crippen LogP contribution >= 0.6 is 27.7 Å². The Kier molecular flexibility index (Phi) is 7.33. The van der Waals surface area contributed by atoms with Crippen molar-refractivity contribution >= 4 is 50.9 Å². The molecule has 0 aliphatic carbocycles. The Morgan fingerprint density at radius 3 is 2.66 bits per heavy atom. The maximum Gasteiger partial charge on any atom is 0.269 e. The molecule has 176 valence electrons. The maximum absolute atomic E-state index is 13.5.